The second kappa shape index (κ2) is 9.61. The molecule has 6 nitrogen and oxygen atoms in total. The Labute approximate surface area is 211 Å². The highest BCUT2D eigenvalue weighted by Crippen LogP contribution is 2.39. The van der Waals surface area contributed by atoms with E-state index in [0.29, 0.717) is 43.9 Å². The first kappa shape index (κ1) is 22.5. The molecule has 36 heavy (non-hydrogen) atoms. The van der Waals surface area contributed by atoms with Crippen LogP contribution in [0.5, 0.6) is 0 Å². The number of aliphatic imine (C=N–C) groups is 3. The van der Waals surface area contributed by atoms with E-state index in [1.165, 1.54) is 0 Å². The van der Waals surface area contributed by atoms with Gasteiger partial charge < -0.3 is 14.2 Å². The molecule has 3 aromatic carbocycles. The normalized spacial score (nSPS) is 23.2. The first-order chi connectivity index (χ1) is 17.7. The number of nitrogens with zero attached hydrogens (tertiary/aromatic N) is 3. The maximum Gasteiger partial charge on any atom is 0.200 e. The van der Waals surface area contributed by atoms with E-state index in [2.05, 4.69) is 43.3 Å². The van der Waals surface area contributed by atoms with Crippen molar-refractivity contribution in [3.63, 3.8) is 0 Å². The van der Waals surface area contributed by atoms with Crippen LogP contribution >= 0.6 is 0 Å². The topological polar surface area (TPSA) is 64.8 Å². The Morgan fingerprint density at radius 3 is 1.42 bits per heavy atom. The third-order valence-corrected chi connectivity index (χ3v) is 7.01. The van der Waals surface area contributed by atoms with Crippen LogP contribution in [0.1, 0.15) is 48.2 Å². The Hall–Kier alpha value is -3.93. The largest absolute Gasteiger partial charge is 0.478 e. The summed E-state index contributed by atoms with van der Waals surface area (Å²) in [6, 6.07) is 30.6. The van der Waals surface area contributed by atoms with Gasteiger partial charge in [0, 0.05) is 6.42 Å². The predicted octanol–water partition coefficient (Wildman–Crippen LogP) is 5.89. The van der Waals surface area contributed by atoms with Crippen molar-refractivity contribution in [3.8, 4) is 0 Å². The minimum Gasteiger partial charge on any atom is -0.478 e. The maximum absolute atomic E-state index is 6.24. The lowest BCUT2D eigenvalue weighted by atomic mass is 9.85. The molecule has 0 amide bonds. The van der Waals surface area contributed by atoms with Crippen LogP contribution in [-0.4, -0.2) is 37.5 Å². The third kappa shape index (κ3) is 4.39. The summed E-state index contributed by atoms with van der Waals surface area (Å²) in [5, 5.41) is 0. The van der Waals surface area contributed by atoms with Gasteiger partial charge in [-0.15, -0.1) is 0 Å². The molecule has 6 rings (SSSR count). The van der Waals surface area contributed by atoms with Crippen molar-refractivity contribution in [2.75, 3.05) is 19.8 Å². The van der Waals surface area contributed by atoms with Gasteiger partial charge in [0.15, 0.2) is 17.7 Å². The van der Waals surface area contributed by atoms with Crippen molar-refractivity contribution in [3.05, 3.63) is 108 Å². The van der Waals surface area contributed by atoms with Crippen molar-refractivity contribution in [2.24, 2.45) is 20.4 Å². The van der Waals surface area contributed by atoms with Gasteiger partial charge in [0.1, 0.15) is 43.4 Å². The molecule has 182 valence electrons. The lowest BCUT2D eigenvalue weighted by Gasteiger charge is -2.27. The molecule has 3 aromatic rings. The van der Waals surface area contributed by atoms with Gasteiger partial charge in [0.2, 0.25) is 0 Å². The first-order valence-electron chi connectivity index (χ1n) is 12.5. The Morgan fingerprint density at radius 2 is 0.972 bits per heavy atom. The molecule has 3 heterocycles. The van der Waals surface area contributed by atoms with E-state index in [-0.39, 0.29) is 18.1 Å². The van der Waals surface area contributed by atoms with E-state index in [0.717, 1.165) is 16.7 Å². The summed E-state index contributed by atoms with van der Waals surface area (Å²) >= 11 is 0. The van der Waals surface area contributed by atoms with Crippen molar-refractivity contribution in [1.82, 2.24) is 0 Å². The Kier molecular flexibility index (Phi) is 6.01. The van der Waals surface area contributed by atoms with Crippen molar-refractivity contribution >= 4 is 17.7 Å². The summed E-state index contributed by atoms with van der Waals surface area (Å²) in [5.74, 6) is 1.92. The molecular formula is C30H29N3O3. The number of ether oxygens (including phenoxy) is 3. The molecule has 3 atom stereocenters. The molecule has 0 bridgehead atoms. The fourth-order valence-corrected chi connectivity index (χ4v) is 4.95. The monoisotopic (exact) mass is 479 g/mol. The van der Waals surface area contributed by atoms with Gasteiger partial charge in [-0.25, -0.2) is 15.0 Å². The number of hydrogen-bond acceptors (Lipinski definition) is 6. The van der Waals surface area contributed by atoms with Crippen LogP contribution in [0.2, 0.25) is 0 Å². The van der Waals surface area contributed by atoms with Crippen molar-refractivity contribution in [2.45, 2.75) is 31.5 Å². The van der Waals surface area contributed by atoms with E-state index in [1.54, 1.807) is 0 Å². The lowest BCUT2D eigenvalue weighted by molar-refractivity contribution is 0.252. The van der Waals surface area contributed by atoms with E-state index >= 15 is 0 Å². The summed E-state index contributed by atoms with van der Waals surface area (Å²) in [6.45, 7) is 3.58. The minimum atomic E-state index is -0.725. The molecule has 6 heteroatoms. The molecule has 0 N–H and O–H groups in total. The van der Waals surface area contributed by atoms with E-state index in [4.69, 9.17) is 29.2 Å². The average Bonchev–Trinajstić information content (AvgIpc) is 3.72. The Bertz CT molecular complexity index is 1220. The Morgan fingerprint density at radius 1 is 0.583 bits per heavy atom. The average molecular weight is 480 g/mol. The maximum atomic E-state index is 6.24. The van der Waals surface area contributed by atoms with Gasteiger partial charge in [-0.3, -0.25) is 0 Å². The lowest BCUT2D eigenvalue weighted by Crippen LogP contribution is -2.39. The van der Waals surface area contributed by atoms with Gasteiger partial charge >= 0.3 is 0 Å². The highest BCUT2D eigenvalue weighted by Gasteiger charge is 2.47. The van der Waals surface area contributed by atoms with Gasteiger partial charge in [-0.2, -0.15) is 0 Å². The molecule has 0 aromatic heterocycles. The molecule has 0 fully saturated rings. The van der Waals surface area contributed by atoms with Crippen LogP contribution in [0, 0.1) is 5.41 Å². The second-order valence-corrected chi connectivity index (χ2v) is 9.61. The highest BCUT2D eigenvalue weighted by atomic mass is 16.5. The quantitative estimate of drug-likeness (QED) is 0.424. The smallest absolute Gasteiger partial charge is 0.200 e. The molecule has 3 aliphatic rings. The second-order valence-electron chi connectivity index (χ2n) is 9.61. The van der Waals surface area contributed by atoms with Gasteiger partial charge in [-0.05, 0) is 23.6 Å². The van der Waals surface area contributed by atoms with E-state index in [1.807, 2.05) is 54.6 Å². The molecule has 0 aliphatic carbocycles. The van der Waals surface area contributed by atoms with Crippen molar-refractivity contribution in [1.29, 1.82) is 0 Å². The SMILES string of the molecule is CC(CC1=N[C@@H](c2ccccc2)CO1)(C1=N[C@H](c2ccccc2)CO1)C1=N[C@H](c2ccccc2)CO1. The molecule has 0 unspecified atom stereocenters. The van der Waals surface area contributed by atoms with Crippen LogP contribution < -0.4 is 0 Å². The Balaban J connectivity index is 1.32. The summed E-state index contributed by atoms with van der Waals surface area (Å²) in [4.78, 5) is 14.9. The van der Waals surface area contributed by atoms with Crippen LogP contribution in [0.3, 0.4) is 0 Å². The zero-order valence-corrected chi connectivity index (χ0v) is 20.3. The summed E-state index contributed by atoms with van der Waals surface area (Å²) in [7, 11) is 0. The zero-order chi connectivity index (χ0) is 24.4. The molecule has 0 spiro atoms. The fraction of sp³-hybridized carbons (Fsp3) is 0.300. The fourth-order valence-electron chi connectivity index (χ4n) is 4.95. The summed E-state index contributed by atoms with van der Waals surface area (Å²) < 4.78 is 18.6. The van der Waals surface area contributed by atoms with Crippen LogP contribution in [0.15, 0.2) is 106 Å². The molecular weight excluding hydrogens is 450 g/mol. The molecule has 0 radical (unpaired) electrons. The summed E-state index contributed by atoms with van der Waals surface area (Å²) in [5.41, 5.74) is 2.68. The van der Waals surface area contributed by atoms with Crippen molar-refractivity contribution < 1.29 is 14.2 Å². The number of rotatable bonds is 7. The third-order valence-electron chi connectivity index (χ3n) is 7.01. The van der Waals surface area contributed by atoms with Gasteiger partial charge in [0.05, 0.1) is 0 Å². The van der Waals surface area contributed by atoms with E-state index < -0.39 is 5.41 Å². The zero-order valence-electron chi connectivity index (χ0n) is 20.3. The van der Waals surface area contributed by atoms with Crippen LogP contribution in [0.25, 0.3) is 0 Å². The molecule has 3 aliphatic heterocycles. The predicted molar refractivity (Wildman–Crippen MR) is 140 cm³/mol. The highest BCUT2D eigenvalue weighted by molar-refractivity contribution is 6.08. The first-order valence-corrected chi connectivity index (χ1v) is 12.5. The standard InChI is InChI=1S/C30H29N3O3/c1-30(28-32-25(19-35-28)22-13-7-3-8-14-22,29-33-26(20-36-29)23-15-9-4-10-16-23)17-27-31-24(18-34-27)21-11-5-2-6-12-21/h2-16,24-26H,17-20H2,1H3/t24-,25+,26+/m1/s1. The number of hydrogen-bond donors (Lipinski definition) is 0. The minimum absolute atomic E-state index is 0.0162. The van der Waals surface area contributed by atoms with E-state index in [9.17, 15) is 0 Å². The van der Waals surface area contributed by atoms with Crippen LogP contribution in [-0.2, 0) is 14.2 Å². The van der Waals surface area contributed by atoms with Gasteiger partial charge in [-0.1, -0.05) is 91.0 Å². The van der Waals surface area contributed by atoms with Gasteiger partial charge in [0.25, 0.3) is 0 Å². The van der Waals surface area contributed by atoms with Crippen LogP contribution in [0.4, 0.5) is 0 Å². The number of benzene rings is 3. The molecule has 0 saturated carbocycles. The molecule has 0 saturated heterocycles. The summed E-state index contributed by atoms with van der Waals surface area (Å²) in [6.07, 6.45) is 0.469.